The first-order chi connectivity index (χ1) is 10.3. The van der Waals surface area contributed by atoms with Crippen molar-refractivity contribution in [3.8, 4) is 11.5 Å². The minimum absolute atomic E-state index is 0.604. The molecule has 0 bridgehead atoms. The Labute approximate surface area is 125 Å². The highest BCUT2D eigenvalue weighted by atomic mass is 32.1. The van der Waals surface area contributed by atoms with Crippen LogP contribution in [-0.4, -0.2) is 27.8 Å². The van der Waals surface area contributed by atoms with E-state index in [0.29, 0.717) is 19.8 Å². The third kappa shape index (κ3) is 2.40. The summed E-state index contributed by atoms with van der Waals surface area (Å²) < 4.78 is 12.9. The van der Waals surface area contributed by atoms with Crippen molar-refractivity contribution in [1.29, 1.82) is 0 Å². The predicted octanol–water partition coefficient (Wildman–Crippen LogP) is 2.48. The van der Waals surface area contributed by atoms with Crippen molar-refractivity contribution in [2.75, 3.05) is 18.5 Å². The molecule has 6 nitrogen and oxygen atoms in total. The second-order valence-electron chi connectivity index (χ2n) is 4.85. The fourth-order valence-corrected chi connectivity index (χ4v) is 3.08. The number of hydrogen-bond acceptors (Lipinski definition) is 6. The second-order valence-corrected chi connectivity index (χ2v) is 5.80. The van der Waals surface area contributed by atoms with Gasteiger partial charge >= 0.3 is 0 Å². The molecule has 1 aliphatic rings. The molecule has 1 aromatic carbocycles. The van der Waals surface area contributed by atoms with Crippen molar-refractivity contribution < 1.29 is 9.47 Å². The highest BCUT2D eigenvalue weighted by Gasteiger charge is 2.12. The number of nitrogens with zero attached hydrogens (tertiary/aromatic N) is 3. The third-order valence-electron chi connectivity index (χ3n) is 3.21. The molecule has 3 aromatic rings. The average Bonchev–Trinajstić information content (AvgIpc) is 3.01. The van der Waals surface area contributed by atoms with Gasteiger partial charge in [-0.15, -0.1) is 5.10 Å². The summed E-state index contributed by atoms with van der Waals surface area (Å²) in [5.74, 6) is 1.62. The smallest absolute Gasteiger partial charge is 0.214 e. The van der Waals surface area contributed by atoms with E-state index < -0.39 is 0 Å². The minimum atomic E-state index is 0.604. The summed E-state index contributed by atoms with van der Waals surface area (Å²) in [5, 5.41) is 8.61. The van der Waals surface area contributed by atoms with Gasteiger partial charge in [0.05, 0.1) is 11.9 Å². The SMILES string of the molecule is Cc1cn2nc(NCc3ccc4c(c3)OCCO4)sc2n1. The first-order valence-electron chi connectivity index (χ1n) is 6.73. The van der Waals surface area contributed by atoms with Crippen molar-refractivity contribution in [2.45, 2.75) is 13.5 Å². The maximum atomic E-state index is 5.59. The van der Waals surface area contributed by atoms with Crippen LogP contribution >= 0.6 is 11.3 Å². The van der Waals surface area contributed by atoms with Crippen LogP contribution in [0.15, 0.2) is 24.4 Å². The fraction of sp³-hybridized carbons (Fsp3) is 0.286. The molecule has 7 heteroatoms. The molecule has 0 amide bonds. The van der Waals surface area contributed by atoms with Crippen LogP contribution in [0.2, 0.25) is 0 Å². The highest BCUT2D eigenvalue weighted by Crippen LogP contribution is 2.31. The molecule has 21 heavy (non-hydrogen) atoms. The summed E-state index contributed by atoms with van der Waals surface area (Å²) >= 11 is 1.54. The highest BCUT2D eigenvalue weighted by molar-refractivity contribution is 7.20. The van der Waals surface area contributed by atoms with Crippen molar-refractivity contribution in [3.63, 3.8) is 0 Å². The lowest BCUT2D eigenvalue weighted by molar-refractivity contribution is 0.171. The lowest BCUT2D eigenvalue weighted by Crippen LogP contribution is -2.15. The number of imidazole rings is 1. The predicted molar refractivity (Wildman–Crippen MR) is 80.4 cm³/mol. The van der Waals surface area contributed by atoms with Gasteiger partial charge in [-0.25, -0.2) is 9.50 Å². The van der Waals surface area contributed by atoms with Crippen LogP contribution in [0.25, 0.3) is 4.96 Å². The zero-order valence-electron chi connectivity index (χ0n) is 11.5. The van der Waals surface area contributed by atoms with E-state index in [-0.39, 0.29) is 0 Å². The van der Waals surface area contributed by atoms with Gasteiger partial charge in [0, 0.05) is 6.54 Å². The Hall–Kier alpha value is -2.28. The third-order valence-corrected chi connectivity index (χ3v) is 4.09. The van der Waals surface area contributed by atoms with Gasteiger partial charge in [-0.1, -0.05) is 17.4 Å². The fourth-order valence-electron chi connectivity index (χ4n) is 2.26. The number of anilines is 1. The number of rotatable bonds is 3. The van der Waals surface area contributed by atoms with E-state index in [2.05, 4.69) is 15.4 Å². The van der Waals surface area contributed by atoms with Crippen LogP contribution in [-0.2, 0) is 6.54 Å². The molecule has 0 saturated heterocycles. The summed E-state index contributed by atoms with van der Waals surface area (Å²) in [6.07, 6.45) is 1.92. The second kappa shape index (κ2) is 4.92. The number of benzene rings is 1. The van der Waals surface area contributed by atoms with Crippen LogP contribution in [0, 0.1) is 6.92 Å². The lowest BCUT2D eigenvalue weighted by atomic mass is 10.2. The average molecular weight is 302 g/mol. The molecule has 3 heterocycles. The molecule has 1 aliphatic heterocycles. The van der Waals surface area contributed by atoms with E-state index in [1.807, 2.05) is 31.3 Å². The molecular weight excluding hydrogens is 288 g/mol. The molecule has 0 unspecified atom stereocenters. The summed E-state index contributed by atoms with van der Waals surface area (Å²) in [5.41, 5.74) is 2.11. The summed E-state index contributed by atoms with van der Waals surface area (Å²) in [6.45, 7) is 3.87. The molecule has 0 aliphatic carbocycles. The molecule has 0 saturated carbocycles. The molecule has 2 aromatic heterocycles. The number of ether oxygens (including phenoxy) is 2. The molecule has 108 valence electrons. The molecule has 1 N–H and O–H groups in total. The van der Waals surface area contributed by atoms with Gasteiger partial charge in [-0.05, 0) is 24.6 Å². The van der Waals surface area contributed by atoms with E-state index in [0.717, 1.165) is 32.8 Å². The van der Waals surface area contributed by atoms with E-state index in [1.165, 1.54) is 11.3 Å². The van der Waals surface area contributed by atoms with Gasteiger partial charge in [0.1, 0.15) is 13.2 Å². The first-order valence-corrected chi connectivity index (χ1v) is 7.55. The summed E-state index contributed by atoms with van der Waals surface area (Å²) in [7, 11) is 0. The van der Waals surface area contributed by atoms with Gasteiger partial charge in [-0.2, -0.15) is 0 Å². The van der Waals surface area contributed by atoms with Crippen LogP contribution < -0.4 is 14.8 Å². The normalized spacial score (nSPS) is 13.6. The van der Waals surface area contributed by atoms with Crippen LogP contribution in [0.1, 0.15) is 11.3 Å². The Morgan fingerprint density at radius 3 is 3.00 bits per heavy atom. The number of nitrogens with one attached hydrogen (secondary N) is 1. The monoisotopic (exact) mass is 302 g/mol. The Morgan fingerprint density at radius 1 is 1.29 bits per heavy atom. The minimum Gasteiger partial charge on any atom is -0.486 e. The zero-order chi connectivity index (χ0) is 14.2. The molecule has 0 radical (unpaired) electrons. The zero-order valence-corrected chi connectivity index (χ0v) is 12.3. The van der Waals surface area contributed by atoms with Crippen molar-refractivity contribution in [1.82, 2.24) is 14.6 Å². The molecule has 0 fully saturated rings. The maximum absolute atomic E-state index is 5.59. The largest absolute Gasteiger partial charge is 0.486 e. The molecule has 4 rings (SSSR count). The number of fused-ring (bicyclic) bond motifs is 2. The number of aromatic nitrogens is 3. The van der Waals surface area contributed by atoms with Crippen molar-refractivity contribution >= 4 is 21.4 Å². The van der Waals surface area contributed by atoms with Crippen molar-refractivity contribution in [3.05, 3.63) is 35.7 Å². The van der Waals surface area contributed by atoms with Crippen LogP contribution in [0.5, 0.6) is 11.5 Å². The van der Waals surface area contributed by atoms with E-state index in [4.69, 9.17) is 9.47 Å². The molecule has 0 spiro atoms. The van der Waals surface area contributed by atoms with E-state index >= 15 is 0 Å². The van der Waals surface area contributed by atoms with Gasteiger partial charge in [0.15, 0.2) is 11.5 Å². The molecular formula is C14H14N4O2S. The Bertz CT molecular complexity index is 764. The Kier molecular flexibility index (Phi) is 2.92. The maximum Gasteiger partial charge on any atom is 0.214 e. The quantitative estimate of drug-likeness (QED) is 0.805. The summed E-state index contributed by atoms with van der Waals surface area (Å²) in [4.78, 5) is 5.29. The van der Waals surface area contributed by atoms with E-state index in [9.17, 15) is 0 Å². The Morgan fingerprint density at radius 2 is 2.14 bits per heavy atom. The van der Waals surface area contributed by atoms with Gasteiger partial charge < -0.3 is 14.8 Å². The van der Waals surface area contributed by atoms with Crippen LogP contribution in [0.4, 0.5) is 5.13 Å². The number of hydrogen-bond donors (Lipinski definition) is 1. The van der Waals surface area contributed by atoms with E-state index in [1.54, 1.807) is 4.52 Å². The standard InChI is InChI=1S/C14H14N4O2S/c1-9-8-18-14(16-9)21-13(17-18)15-7-10-2-3-11-12(6-10)20-5-4-19-11/h2-3,6,8H,4-5,7H2,1H3,(H,15,17). The topological polar surface area (TPSA) is 60.7 Å². The van der Waals surface area contributed by atoms with Gasteiger partial charge in [0.25, 0.3) is 0 Å². The van der Waals surface area contributed by atoms with Crippen molar-refractivity contribution in [2.24, 2.45) is 0 Å². The number of aryl methyl sites for hydroxylation is 1. The van der Waals surface area contributed by atoms with Gasteiger partial charge in [0.2, 0.25) is 10.1 Å². The van der Waals surface area contributed by atoms with Crippen LogP contribution in [0.3, 0.4) is 0 Å². The lowest BCUT2D eigenvalue weighted by Gasteiger charge is -2.18. The first kappa shape index (κ1) is 12.5. The Balaban J connectivity index is 1.49. The molecule has 0 atom stereocenters. The summed E-state index contributed by atoms with van der Waals surface area (Å²) in [6, 6.07) is 5.98. The van der Waals surface area contributed by atoms with Gasteiger partial charge in [-0.3, -0.25) is 0 Å².